The highest BCUT2D eigenvalue weighted by molar-refractivity contribution is 7.10. The molecule has 1 atom stereocenters. The smallest absolute Gasteiger partial charge is 0.338 e. The van der Waals surface area contributed by atoms with Gasteiger partial charge in [0.2, 0.25) is 5.95 Å². The molecule has 1 aromatic carbocycles. The molecule has 6 heteroatoms. The monoisotopic (exact) mass is 339 g/mol. The van der Waals surface area contributed by atoms with Gasteiger partial charge in [0.05, 0.1) is 23.2 Å². The van der Waals surface area contributed by atoms with Gasteiger partial charge >= 0.3 is 5.97 Å². The summed E-state index contributed by atoms with van der Waals surface area (Å²) in [5, 5.41) is 5.29. The van der Waals surface area contributed by atoms with Gasteiger partial charge < -0.3 is 10.1 Å². The lowest BCUT2D eigenvalue weighted by Gasteiger charge is -2.29. The average Bonchev–Trinajstić information content (AvgIpc) is 3.21. The largest absolute Gasteiger partial charge is 0.463 e. The number of ether oxygens (including phenoxy) is 1. The number of rotatable bonds is 3. The van der Waals surface area contributed by atoms with Gasteiger partial charge in [-0.05, 0) is 37.4 Å². The Morgan fingerprint density at radius 3 is 2.92 bits per heavy atom. The maximum absolute atomic E-state index is 12.6. The quantitative estimate of drug-likeness (QED) is 0.734. The molecule has 1 aliphatic heterocycles. The van der Waals surface area contributed by atoms with Gasteiger partial charge in [-0.25, -0.2) is 9.78 Å². The van der Waals surface area contributed by atoms with Crippen molar-refractivity contribution in [2.45, 2.75) is 19.9 Å². The predicted molar refractivity (Wildman–Crippen MR) is 95.1 cm³/mol. The second-order valence-corrected chi connectivity index (χ2v) is 6.58. The molecule has 0 radical (unpaired) electrons. The normalized spacial score (nSPS) is 16.8. The summed E-state index contributed by atoms with van der Waals surface area (Å²) >= 11 is 1.63. The van der Waals surface area contributed by atoms with E-state index in [1.54, 1.807) is 11.3 Å². The van der Waals surface area contributed by atoms with Crippen molar-refractivity contribution >= 4 is 34.3 Å². The van der Waals surface area contributed by atoms with Gasteiger partial charge in [-0.1, -0.05) is 18.2 Å². The van der Waals surface area contributed by atoms with Crippen molar-refractivity contribution in [1.82, 2.24) is 9.55 Å². The summed E-state index contributed by atoms with van der Waals surface area (Å²) in [6.45, 7) is 4.07. The molecule has 0 amide bonds. The SMILES string of the molecule is CCOC(=O)C1=C(C)Nc2nc3ccccc3n2[C@@H]1c1cccs1. The molecule has 3 heterocycles. The zero-order chi connectivity index (χ0) is 16.7. The molecule has 4 rings (SSSR count). The van der Waals surface area contributed by atoms with E-state index >= 15 is 0 Å². The first kappa shape index (κ1) is 15.0. The van der Waals surface area contributed by atoms with Crippen LogP contribution in [0.15, 0.2) is 53.0 Å². The van der Waals surface area contributed by atoms with Gasteiger partial charge in [-0.15, -0.1) is 11.3 Å². The number of carbonyl (C=O) groups is 1. The molecule has 3 aromatic rings. The van der Waals surface area contributed by atoms with Crippen LogP contribution in [0.25, 0.3) is 11.0 Å². The lowest BCUT2D eigenvalue weighted by molar-refractivity contribution is -0.139. The molecule has 0 aliphatic carbocycles. The number of aromatic nitrogens is 2. The van der Waals surface area contributed by atoms with E-state index in [1.807, 2.05) is 55.6 Å². The summed E-state index contributed by atoms with van der Waals surface area (Å²) in [5.74, 6) is 0.462. The molecule has 0 unspecified atom stereocenters. The van der Waals surface area contributed by atoms with Gasteiger partial charge in [0.1, 0.15) is 6.04 Å². The highest BCUT2D eigenvalue weighted by atomic mass is 32.1. The molecule has 0 saturated carbocycles. The van der Waals surface area contributed by atoms with E-state index in [4.69, 9.17) is 4.74 Å². The Kier molecular flexibility index (Phi) is 3.61. The molecule has 0 bridgehead atoms. The van der Waals surface area contributed by atoms with Gasteiger partial charge in [0, 0.05) is 10.6 Å². The second-order valence-electron chi connectivity index (χ2n) is 5.60. The number of allylic oxidation sites excluding steroid dienone is 1. The third kappa shape index (κ3) is 2.22. The Hall–Kier alpha value is -2.60. The zero-order valence-corrected chi connectivity index (χ0v) is 14.3. The highest BCUT2D eigenvalue weighted by Crippen LogP contribution is 2.40. The summed E-state index contributed by atoms with van der Waals surface area (Å²) in [6, 6.07) is 11.8. The molecule has 0 fully saturated rings. The number of benzene rings is 1. The van der Waals surface area contributed by atoms with E-state index in [2.05, 4.69) is 14.9 Å². The number of esters is 1. The fourth-order valence-electron chi connectivity index (χ4n) is 3.15. The topological polar surface area (TPSA) is 56.1 Å². The minimum Gasteiger partial charge on any atom is -0.463 e. The molecule has 1 aliphatic rings. The van der Waals surface area contributed by atoms with Gasteiger partial charge in [-0.3, -0.25) is 4.57 Å². The van der Waals surface area contributed by atoms with E-state index < -0.39 is 0 Å². The first-order valence-corrected chi connectivity index (χ1v) is 8.74. The Morgan fingerprint density at radius 2 is 2.17 bits per heavy atom. The summed E-state index contributed by atoms with van der Waals surface area (Å²) in [6.07, 6.45) is 0. The maximum atomic E-state index is 12.6. The van der Waals surface area contributed by atoms with Crippen molar-refractivity contribution < 1.29 is 9.53 Å². The van der Waals surface area contributed by atoms with Gasteiger partial charge in [-0.2, -0.15) is 0 Å². The van der Waals surface area contributed by atoms with E-state index in [0.29, 0.717) is 12.2 Å². The Morgan fingerprint density at radius 1 is 1.33 bits per heavy atom. The van der Waals surface area contributed by atoms with Crippen LogP contribution in [-0.2, 0) is 9.53 Å². The second kappa shape index (κ2) is 5.79. The number of hydrogen-bond acceptors (Lipinski definition) is 5. The van der Waals surface area contributed by atoms with Crippen LogP contribution in [0.3, 0.4) is 0 Å². The number of carbonyl (C=O) groups excluding carboxylic acids is 1. The highest BCUT2D eigenvalue weighted by Gasteiger charge is 2.35. The summed E-state index contributed by atoms with van der Waals surface area (Å²) < 4.78 is 7.40. The van der Waals surface area contributed by atoms with Crippen LogP contribution in [0.1, 0.15) is 24.8 Å². The zero-order valence-electron chi connectivity index (χ0n) is 13.4. The molecule has 1 N–H and O–H groups in total. The van der Waals surface area contributed by atoms with Crippen molar-refractivity contribution in [1.29, 1.82) is 0 Å². The molecule has 122 valence electrons. The molecule has 5 nitrogen and oxygen atoms in total. The number of thiophene rings is 1. The number of para-hydroxylation sites is 2. The first-order chi connectivity index (χ1) is 11.7. The number of imidazole rings is 1. The van der Waals surface area contributed by atoms with Crippen LogP contribution >= 0.6 is 11.3 Å². The van der Waals surface area contributed by atoms with Crippen molar-refractivity contribution in [3.8, 4) is 0 Å². The lowest BCUT2D eigenvalue weighted by Crippen LogP contribution is -2.28. The minimum absolute atomic E-state index is 0.229. The van der Waals surface area contributed by atoms with Crippen LogP contribution in [0.4, 0.5) is 5.95 Å². The number of nitrogens with one attached hydrogen (secondary N) is 1. The van der Waals surface area contributed by atoms with E-state index in [-0.39, 0.29) is 12.0 Å². The Labute approximate surface area is 143 Å². The summed E-state index contributed by atoms with van der Waals surface area (Å²) in [4.78, 5) is 18.4. The van der Waals surface area contributed by atoms with Crippen LogP contribution in [0.5, 0.6) is 0 Å². The number of hydrogen-bond donors (Lipinski definition) is 1. The van der Waals surface area contributed by atoms with Crippen LogP contribution < -0.4 is 5.32 Å². The maximum Gasteiger partial charge on any atom is 0.338 e. The molecule has 24 heavy (non-hydrogen) atoms. The van der Waals surface area contributed by atoms with Gasteiger partial charge in [0.15, 0.2) is 0 Å². The standard InChI is InChI=1S/C18H17N3O2S/c1-3-23-17(22)15-11(2)19-18-20-12-7-4-5-8-13(12)21(18)16(15)14-9-6-10-24-14/h4-10,16H,3H2,1-2H3,(H,19,20)/t16-/m1/s1. The Bertz CT molecular complexity index is 940. The molecule has 0 saturated heterocycles. The van der Waals surface area contributed by atoms with Crippen molar-refractivity contribution in [3.63, 3.8) is 0 Å². The summed E-state index contributed by atoms with van der Waals surface area (Å²) in [7, 11) is 0. The van der Waals surface area contributed by atoms with Crippen molar-refractivity contribution in [2.75, 3.05) is 11.9 Å². The number of anilines is 1. The van der Waals surface area contributed by atoms with Gasteiger partial charge in [0.25, 0.3) is 0 Å². The van der Waals surface area contributed by atoms with Crippen LogP contribution in [-0.4, -0.2) is 22.1 Å². The third-order valence-corrected chi connectivity index (χ3v) is 5.06. The van der Waals surface area contributed by atoms with E-state index in [1.165, 1.54) is 0 Å². The summed E-state index contributed by atoms with van der Waals surface area (Å²) in [5.41, 5.74) is 3.32. The fraction of sp³-hybridized carbons (Fsp3) is 0.222. The van der Waals surface area contributed by atoms with Crippen molar-refractivity contribution in [3.05, 3.63) is 57.9 Å². The molecule has 0 spiro atoms. The van der Waals surface area contributed by atoms with Crippen molar-refractivity contribution in [2.24, 2.45) is 0 Å². The van der Waals surface area contributed by atoms with Crippen LogP contribution in [0.2, 0.25) is 0 Å². The molecular formula is C18H17N3O2S. The first-order valence-electron chi connectivity index (χ1n) is 7.86. The molecular weight excluding hydrogens is 322 g/mol. The average molecular weight is 339 g/mol. The fourth-order valence-corrected chi connectivity index (χ4v) is 3.98. The molecule has 2 aromatic heterocycles. The van der Waals surface area contributed by atoms with E-state index in [9.17, 15) is 4.79 Å². The number of fused-ring (bicyclic) bond motifs is 3. The predicted octanol–water partition coefficient (Wildman–Crippen LogP) is 3.95. The van der Waals surface area contributed by atoms with E-state index in [0.717, 1.165) is 27.6 Å². The Balaban J connectivity index is 1.97. The third-order valence-electron chi connectivity index (χ3n) is 4.14. The minimum atomic E-state index is -0.288. The van der Waals surface area contributed by atoms with Crippen LogP contribution in [0, 0.1) is 0 Å². The number of nitrogens with zero attached hydrogens (tertiary/aromatic N) is 2. The lowest BCUT2D eigenvalue weighted by atomic mass is 10.0.